The van der Waals surface area contributed by atoms with Crippen molar-refractivity contribution in [1.82, 2.24) is 9.80 Å². The fourth-order valence-electron chi connectivity index (χ4n) is 4.64. The van der Waals surface area contributed by atoms with Crippen molar-refractivity contribution in [3.05, 3.63) is 86.6 Å². The molecule has 0 radical (unpaired) electrons. The SMILES string of the molecule is Cc1ccc(CN2CCN(c3cccc4c3C(=O)N(Cc3ccc(C(F)(F)F)cc3)C4=O)CC2)s1. The van der Waals surface area contributed by atoms with Crippen LogP contribution in [0.15, 0.2) is 54.6 Å². The lowest BCUT2D eigenvalue weighted by Crippen LogP contribution is -2.46. The quantitative estimate of drug-likeness (QED) is 0.453. The highest BCUT2D eigenvalue weighted by Crippen LogP contribution is 2.34. The van der Waals surface area contributed by atoms with Crippen molar-refractivity contribution in [2.24, 2.45) is 0 Å². The molecule has 0 saturated carbocycles. The van der Waals surface area contributed by atoms with Crippen molar-refractivity contribution in [2.45, 2.75) is 26.2 Å². The number of aryl methyl sites for hydroxylation is 1. The lowest BCUT2D eigenvalue weighted by atomic mass is 10.1. The molecule has 5 nitrogen and oxygen atoms in total. The molecular weight excluding hydrogens is 475 g/mol. The number of amides is 2. The fourth-order valence-corrected chi connectivity index (χ4v) is 5.57. The third kappa shape index (κ3) is 4.70. The molecule has 35 heavy (non-hydrogen) atoms. The van der Waals surface area contributed by atoms with Gasteiger partial charge in [-0.3, -0.25) is 19.4 Å². The summed E-state index contributed by atoms with van der Waals surface area (Å²) in [5, 5.41) is 0. The molecule has 0 unspecified atom stereocenters. The van der Waals surface area contributed by atoms with Gasteiger partial charge in [-0.05, 0) is 48.9 Å². The van der Waals surface area contributed by atoms with Crippen LogP contribution in [0.25, 0.3) is 0 Å². The zero-order valence-electron chi connectivity index (χ0n) is 19.1. The fraction of sp³-hybridized carbons (Fsp3) is 0.308. The van der Waals surface area contributed by atoms with Gasteiger partial charge in [-0.15, -0.1) is 11.3 Å². The van der Waals surface area contributed by atoms with Crippen LogP contribution in [0.3, 0.4) is 0 Å². The highest BCUT2D eigenvalue weighted by molar-refractivity contribution is 7.11. The zero-order valence-corrected chi connectivity index (χ0v) is 20.0. The van der Waals surface area contributed by atoms with E-state index in [-0.39, 0.29) is 6.54 Å². The minimum Gasteiger partial charge on any atom is -0.368 e. The second-order valence-corrected chi connectivity index (χ2v) is 10.2. The number of halogens is 3. The van der Waals surface area contributed by atoms with Gasteiger partial charge in [0.05, 0.1) is 28.9 Å². The van der Waals surface area contributed by atoms with Gasteiger partial charge in [0.15, 0.2) is 0 Å². The molecule has 3 aromatic rings. The first-order valence-electron chi connectivity index (χ1n) is 11.4. The lowest BCUT2D eigenvalue weighted by molar-refractivity contribution is -0.137. The summed E-state index contributed by atoms with van der Waals surface area (Å²) in [7, 11) is 0. The second-order valence-electron chi connectivity index (χ2n) is 8.87. The summed E-state index contributed by atoms with van der Waals surface area (Å²) in [6.07, 6.45) is -4.43. The number of alkyl halides is 3. The van der Waals surface area contributed by atoms with Crippen molar-refractivity contribution in [3.63, 3.8) is 0 Å². The predicted octanol–water partition coefficient (Wildman–Crippen LogP) is 5.19. The average Bonchev–Trinajstić information content (AvgIpc) is 3.35. The summed E-state index contributed by atoms with van der Waals surface area (Å²) in [6, 6.07) is 14.1. The van der Waals surface area contributed by atoms with E-state index in [9.17, 15) is 22.8 Å². The Morgan fingerprint density at radius 2 is 1.57 bits per heavy atom. The van der Waals surface area contributed by atoms with Crippen LogP contribution < -0.4 is 4.90 Å². The normalized spacial score (nSPS) is 16.8. The van der Waals surface area contributed by atoms with Gasteiger partial charge in [0.1, 0.15) is 0 Å². The van der Waals surface area contributed by atoms with Crippen molar-refractivity contribution >= 4 is 28.8 Å². The molecule has 0 atom stereocenters. The number of piperazine rings is 1. The molecule has 2 amide bonds. The van der Waals surface area contributed by atoms with Gasteiger partial charge in [0.25, 0.3) is 11.8 Å². The van der Waals surface area contributed by atoms with E-state index in [4.69, 9.17) is 0 Å². The van der Waals surface area contributed by atoms with Crippen LogP contribution in [0.5, 0.6) is 0 Å². The maximum absolute atomic E-state index is 13.3. The van der Waals surface area contributed by atoms with Crippen LogP contribution in [-0.4, -0.2) is 47.8 Å². The molecule has 9 heteroatoms. The van der Waals surface area contributed by atoms with E-state index >= 15 is 0 Å². The molecule has 0 spiro atoms. The molecule has 3 heterocycles. The Morgan fingerprint density at radius 3 is 2.20 bits per heavy atom. The summed E-state index contributed by atoms with van der Waals surface area (Å²) in [6.45, 7) is 6.09. The van der Waals surface area contributed by atoms with Gasteiger partial charge in [-0.2, -0.15) is 13.2 Å². The third-order valence-corrected chi connectivity index (χ3v) is 7.47. The van der Waals surface area contributed by atoms with Crippen LogP contribution in [-0.2, 0) is 19.3 Å². The number of carbonyl (C=O) groups excluding carboxylic acids is 2. The molecule has 0 N–H and O–H groups in total. The average molecular weight is 500 g/mol. The van der Waals surface area contributed by atoms with Gasteiger partial charge in [-0.1, -0.05) is 18.2 Å². The van der Waals surface area contributed by atoms with Gasteiger partial charge < -0.3 is 4.90 Å². The van der Waals surface area contributed by atoms with E-state index in [1.807, 2.05) is 6.07 Å². The number of thiophene rings is 1. The third-order valence-electron chi connectivity index (χ3n) is 6.49. The molecule has 2 aliphatic heterocycles. The summed E-state index contributed by atoms with van der Waals surface area (Å²) >= 11 is 1.80. The standard InChI is InChI=1S/C26H24F3N3O2S/c1-17-5-10-20(35-17)16-30-11-13-31(14-12-30)22-4-2-3-21-23(22)25(34)32(24(21)33)15-18-6-8-19(9-7-18)26(27,28)29/h2-10H,11-16H2,1H3. The highest BCUT2D eigenvalue weighted by Gasteiger charge is 2.39. The number of imide groups is 1. The number of rotatable bonds is 5. The molecule has 2 aliphatic rings. The van der Waals surface area contributed by atoms with Crippen LogP contribution >= 0.6 is 11.3 Å². The number of carbonyl (C=O) groups is 2. The number of anilines is 1. The van der Waals surface area contributed by atoms with E-state index in [1.54, 1.807) is 23.5 Å². The van der Waals surface area contributed by atoms with Crippen LogP contribution in [0.2, 0.25) is 0 Å². The summed E-state index contributed by atoms with van der Waals surface area (Å²) in [5.74, 6) is -0.824. The van der Waals surface area contributed by atoms with E-state index in [2.05, 4.69) is 28.9 Å². The minimum absolute atomic E-state index is 0.0715. The van der Waals surface area contributed by atoms with Gasteiger partial charge in [0, 0.05) is 42.5 Å². The first-order valence-corrected chi connectivity index (χ1v) is 12.2. The van der Waals surface area contributed by atoms with E-state index in [0.717, 1.165) is 55.4 Å². The van der Waals surface area contributed by atoms with Crippen molar-refractivity contribution in [1.29, 1.82) is 0 Å². The monoisotopic (exact) mass is 499 g/mol. The smallest absolute Gasteiger partial charge is 0.368 e. The summed E-state index contributed by atoms with van der Waals surface area (Å²) in [5.41, 5.74) is 1.16. The Bertz CT molecular complexity index is 1260. The molecule has 0 bridgehead atoms. The topological polar surface area (TPSA) is 43.9 Å². The van der Waals surface area contributed by atoms with Crippen molar-refractivity contribution < 1.29 is 22.8 Å². The first kappa shape index (κ1) is 23.6. The maximum Gasteiger partial charge on any atom is 0.416 e. The van der Waals surface area contributed by atoms with Crippen molar-refractivity contribution in [2.75, 3.05) is 31.1 Å². The van der Waals surface area contributed by atoms with Crippen LogP contribution in [0.1, 0.15) is 41.6 Å². The molecule has 2 aromatic carbocycles. The zero-order chi connectivity index (χ0) is 24.7. The molecule has 1 fully saturated rings. The van der Waals surface area contributed by atoms with E-state index in [0.29, 0.717) is 16.7 Å². The summed E-state index contributed by atoms with van der Waals surface area (Å²) in [4.78, 5) is 34.6. The Kier molecular flexibility index (Phi) is 6.14. The van der Waals surface area contributed by atoms with Crippen molar-refractivity contribution in [3.8, 4) is 0 Å². The van der Waals surface area contributed by atoms with Gasteiger partial charge in [-0.25, -0.2) is 0 Å². The molecule has 1 aromatic heterocycles. The van der Waals surface area contributed by atoms with E-state index in [1.165, 1.54) is 21.9 Å². The Morgan fingerprint density at radius 1 is 0.857 bits per heavy atom. The van der Waals surface area contributed by atoms with E-state index < -0.39 is 23.6 Å². The summed E-state index contributed by atoms with van der Waals surface area (Å²) < 4.78 is 38.6. The van der Waals surface area contributed by atoms with Gasteiger partial charge >= 0.3 is 6.18 Å². The Labute approximate surface area is 205 Å². The first-order chi connectivity index (χ1) is 16.7. The maximum atomic E-state index is 13.3. The van der Waals surface area contributed by atoms with Gasteiger partial charge in [0.2, 0.25) is 0 Å². The predicted molar refractivity (Wildman–Crippen MR) is 129 cm³/mol. The highest BCUT2D eigenvalue weighted by atomic mass is 32.1. The number of benzene rings is 2. The lowest BCUT2D eigenvalue weighted by Gasteiger charge is -2.36. The number of nitrogens with zero attached hydrogens (tertiary/aromatic N) is 3. The number of hydrogen-bond acceptors (Lipinski definition) is 5. The molecule has 5 rings (SSSR count). The largest absolute Gasteiger partial charge is 0.416 e. The number of fused-ring (bicyclic) bond motifs is 1. The molecular formula is C26H24F3N3O2S. The molecule has 1 saturated heterocycles. The second kappa shape index (κ2) is 9.13. The number of hydrogen-bond donors (Lipinski definition) is 0. The van der Waals surface area contributed by atoms with Crippen LogP contribution in [0, 0.1) is 6.92 Å². The molecule has 182 valence electrons. The van der Waals surface area contributed by atoms with Crippen LogP contribution in [0.4, 0.5) is 18.9 Å². The minimum atomic E-state index is -4.43. The Hall–Kier alpha value is -3.17. The Balaban J connectivity index is 1.30. The molecule has 0 aliphatic carbocycles.